The van der Waals surface area contributed by atoms with Crippen molar-refractivity contribution in [3.63, 3.8) is 0 Å². The van der Waals surface area contributed by atoms with Gasteiger partial charge in [0.05, 0.1) is 0 Å². The molecule has 2 atom stereocenters. The van der Waals surface area contributed by atoms with Gasteiger partial charge >= 0.3 is 0 Å². The molecule has 1 N–H and O–H groups in total. The van der Waals surface area contributed by atoms with Crippen LogP contribution in [-0.2, 0) is 0 Å². The van der Waals surface area contributed by atoms with E-state index in [9.17, 15) is 0 Å². The summed E-state index contributed by atoms with van der Waals surface area (Å²) in [5.41, 5.74) is 0. The van der Waals surface area contributed by atoms with E-state index in [1.54, 1.807) is 0 Å². The Morgan fingerprint density at radius 2 is 1.60 bits per heavy atom. The number of likely N-dealkylation sites (tertiary alicyclic amines) is 1. The van der Waals surface area contributed by atoms with Crippen molar-refractivity contribution in [1.82, 2.24) is 15.1 Å². The van der Waals surface area contributed by atoms with E-state index in [0.29, 0.717) is 0 Å². The Morgan fingerprint density at radius 1 is 0.950 bits per heavy atom. The molecule has 0 amide bonds. The first-order valence-corrected chi connectivity index (χ1v) is 8.96. The third-order valence-electron chi connectivity index (χ3n) is 5.99. The molecule has 0 saturated carbocycles. The molecule has 3 fully saturated rings. The summed E-state index contributed by atoms with van der Waals surface area (Å²) in [7, 11) is 2.34. The number of rotatable bonds is 5. The summed E-state index contributed by atoms with van der Waals surface area (Å²) < 4.78 is 0. The zero-order valence-electron chi connectivity index (χ0n) is 13.5. The van der Waals surface area contributed by atoms with Crippen molar-refractivity contribution in [2.75, 3.05) is 26.7 Å². The number of unbranched alkanes of at least 4 members (excludes halogenated alkanes) is 1. The topological polar surface area (TPSA) is 18.5 Å². The molecular formula is C17H33N3. The molecule has 2 unspecified atom stereocenters. The minimum absolute atomic E-state index is 0.792. The minimum Gasteiger partial charge on any atom is -0.311 e. The first-order chi connectivity index (χ1) is 9.76. The molecule has 3 saturated heterocycles. The lowest BCUT2D eigenvalue weighted by Gasteiger charge is -2.40. The highest BCUT2D eigenvalue weighted by Crippen LogP contribution is 2.34. The first kappa shape index (κ1) is 14.8. The van der Waals surface area contributed by atoms with E-state index >= 15 is 0 Å². The first-order valence-electron chi connectivity index (χ1n) is 8.96. The Bertz CT molecular complexity index is 285. The van der Waals surface area contributed by atoms with Gasteiger partial charge in [-0.1, -0.05) is 13.3 Å². The van der Waals surface area contributed by atoms with Crippen molar-refractivity contribution in [3.05, 3.63) is 0 Å². The van der Waals surface area contributed by atoms with Gasteiger partial charge in [0.15, 0.2) is 0 Å². The van der Waals surface area contributed by atoms with E-state index in [1.807, 2.05) is 0 Å². The van der Waals surface area contributed by atoms with E-state index in [-0.39, 0.29) is 0 Å². The van der Waals surface area contributed by atoms with Crippen molar-refractivity contribution in [2.24, 2.45) is 0 Å². The quantitative estimate of drug-likeness (QED) is 0.834. The van der Waals surface area contributed by atoms with Crippen LogP contribution in [0.5, 0.6) is 0 Å². The second kappa shape index (κ2) is 6.76. The maximum absolute atomic E-state index is 4.00. The maximum atomic E-state index is 4.00. The van der Waals surface area contributed by atoms with Crippen LogP contribution in [0.3, 0.4) is 0 Å². The zero-order valence-corrected chi connectivity index (χ0v) is 13.5. The Balaban J connectivity index is 1.40. The van der Waals surface area contributed by atoms with Crippen molar-refractivity contribution in [1.29, 1.82) is 0 Å². The predicted molar refractivity (Wildman–Crippen MR) is 85.1 cm³/mol. The van der Waals surface area contributed by atoms with Crippen molar-refractivity contribution in [2.45, 2.75) is 82.5 Å². The molecule has 3 nitrogen and oxygen atoms in total. The molecule has 0 radical (unpaired) electrons. The average Bonchev–Trinajstić information content (AvgIpc) is 2.69. The van der Waals surface area contributed by atoms with Gasteiger partial charge in [-0.05, 0) is 71.6 Å². The normalized spacial score (nSPS) is 36.6. The van der Waals surface area contributed by atoms with Gasteiger partial charge in [-0.3, -0.25) is 0 Å². The molecule has 0 spiro atoms. The van der Waals surface area contributed by atoms with Crippen molar-refractivity contribution in [3.8, 4) is 0 Å². The highest BCUT2D eigenvalue weighted by molar-refractivity contribution is 4.97. The summed E-state index contributed by atoms with van der Waals surface area (Å²) in [5, 5.41) is 4.00. The molecule has 3 aliphatic rings. The maximum Gasteiger partial charge on any atom is 0.0111 e. The molecule has 0 aromatic rings. The predicted octanol–water partition coefficient (Wildman–Crippen LogP) is 2.47. The third-order valence-corrected chi connectivity index (χ3v) is 5.99. The summed E-state index contributed by atoms with van der Waals surface area (Å²) in [6.45, 7) is 6.25. The largest absolute Gasteiger partial charge is 0.311 e. The fourth-order valence-corrected chi connectivity index (χ4v) is 4.59. The van der Waals surface area contributed by atoms with Crippen LogP contribution in [0.15, 0.2) is 0 Å². The van der Waals surface area contributed by atoms with Crippen LogP contribution in [0.1, 0.15) is 58.3 Å². The van der Waals surface area contributed by atoms with Gasteiger partial charge in [-0.15, -0.1) is 0 Å². The zero-order chi connectivity index (χ0) is 13.9. The molecule has 3 aliphatic heterocycles. The number of nitrogens with zero attached hydrogens (tertiary/aromatic N) is 2. The van der Waals surface area contributed by atoms with Gasteiger partial charge in [-0.2, -0.15) is 0 Å². The molecule has 0 aromatic heterocycles. The summed E-state index contributed by atoms with van der Waals surface area (Å²) in [6.07, 6.45) is 11.1. The average molecular weight is 279 g/mol. The molecule has 3 heteroatoms. The summed E-state index contributed by atoms with van der Waals surface area (Å²) in [4.78, 5) is 5.31. The Hall–Kier alpha value is -0.120. The van der Waals surface area contributed by atoms with Gasteiger partial charge in [0.25, 0.3) is 0 Å². The summed E-state index contributed by atoms with van der Waals surface area (Å²) in [6, 6.07) is 3.34. The fraction of sp³-hybridized carbons (Fsp3) is 1.00. The van der Waals surface area contributed by atoms with Gasteiger partial charge in [0, 0.05) is 24.2 Å². The van der Waals surface area contributed by atoms with E-state index in [1.165, 1.54) is 71.0 Å². The van der Waals surface area contributed by atoms with E-state index in [2.05, 4.69) is 29.1 Å². The van der Waals surface area contributed by atoms with Crippen LogP contribution >= 0.6 is 0 Å². The monoisotopic (exact) mass is 279 g/mol. The molecule has 116 valence electrons. The van der Waals surface area contributed by atoms with Gasteiger partial charge in [0.2, 0.25) is 0 Å². The van der Waals surface area contributed by atoms with Gasteiger partial charge in [0.1, 0.15) is 0 Å². The number of fused-ring (bicyclic) bond motifs is 2. The van der Waals surface area contributed by atoms with E-state index in [0.717, 1.165) is 24.2 Å². The molecule has 3 rings (SSSR count). The second-order valence-corrected chi connectivity index (χ2v) is 7.35. The summed E-state index contributed by atoms with van der Waals surface area (Å²) >= 11 is 0. The molecular weight excluding hydrogens is 246 g/mol. The van der Waals surface area contributed by atoms with E-state index < -0.39 is 0 Å². The number of piperidine rings is 2. The van der Waals surface area contributed by atoms with Gasteiger partial charge in [-0.25, -0.2) is 0 Å². The number of hydrogen-bond acceptors (Lipinski definition) is 3. The lowest BCUT2D eigenvalue weighted by molar-refractivity contribution is 0.128. The van der Waals surface area contributed by atoms with Crippen LogP contribution < -0.4 is 5.32 Å². The Kier molecular flexibility index (Phi) is 5.00. The van der Waals surface area contributed by atoms with Crippen LogP contribution in [-0.4, -0.2) is 60.6 Å². The van der Waals surface area contributed by atoms with Crippen molar-refractivity contribution < 1.29 is 0 Å². The summed E-state index contributed by atoms with van der Waals surface area (Å²) in [5.74, 6) is 0. The van der Waals surface area contributed by atoms with Crippen LogP contribution in [0.25, 0.3) is 0 Å². The Morgan fingerprint density at radius 3 is 2.20 bits per heavy atom. The Labute approximate surface area is 125 Å². The smallest absolute Gasteiger partial charge is 0.0111 e. The standard InChI is InChI=1S/C17H33N3/c1-3-4-9-20-10-7-14(8-11-20)18-15-12-16-5-6-17(13-15)19(16)2/h14-18H,3-13H2,1-2H3. The molecule has 20 heavy (non-hydrogen) atoms. The number of hydrogen-bond donors (Lipinski definition) is 1. The second-order valence-electron chi connectivity index (χ2n) is 7.35. The highest BCUT2D eigenvalue weighted by atomic mass is 15.2. The van der Waals surface area contributed by atoms with Crippen LogP contribution in [0.2, 0.25) is 0 Å². The number of nitrogens with one attached hydrogen (secondary N) is 1. The SMILES string of the molecule is CCCCN1CCC(NC2CC3CCC(C2)N3C)CC1. The van der Waals surface area contributed by atoms with Crippen LogP contribution in [0.4, 0.5) is 0 Å². The fourth-order valence-electron chi connectivity index (χ4n) is 4.59. The molecule has 2 bridgehead atoms. The minimum atomic E-state index is 0.792. The lowest BCUT2D eigenvalue weighted by atomic mass is 9.95. The van der Waals surface area contributed by atoms with Crippen LogP contribution in [0, 0.1) is 0 Å². The molecule has 3 heterocycles. The lowest BCUT2D eigenvalue weighted by Crippen LogP contribution is -2.52. The van der Waals surface area contributed by atoms with E-state index in [4.69, 9.17) is 0 Å². The third kappa shape index (κ3) is 3.37. The highest BCUT2D eigenvalue weighted by Gasteiger charge is 2.38. The van der Waals surface area contributed by atoms with Crippen molar-refractivity contribution >= 4 is 0 Å². The molecule has 0 aliphatic carbocycles. The van der Waals surface area contributed by atoms with Gasteiger partial charge < -0.3 is 15.1 Å². The molecule has 0 aromatic carbocycles.